The highest BCUT2D eigenvalue weighted by Gasteiger charge is 2.70. The molecule has 12 atom stereocenters. The van der Waals surface area contributed by atoms with Crippen LogP contribution >= 0.6 is 0 Å². The molecule has 192 valence electrons. The second kappa shape index (κ2) is 6.46. The maximum Gasteiger partial charge on any atom is 0.325 e. The van der Waals surface area contributed by atoms with Crippen LogP contribution in [0.4, 0.5) is 0 Å². The average molecular weight is 496 g/mol. The molecule has 0 radical (unpaired) electrons. The van der Waals surface area contributed by atoms with Crippen LogP contribution in [0.1, 0.15) is 57.8 Å². The van der Waals surface area contributed by atoms with Gasteiger partial charge in [-0.25, -0.2) is 0 Å². The number of rotatable bonds is 9. The zero-order valence-electron chi connectivity index (χ0n) is 20.5. The van der Waals surface area contributed by atoms with Gasteiger partial charge in [-0.2, -0.15) is 0 Å². The largest absolute Gasteiger partial charge is 0.463 e. The lowest BCUT2D eigenvalue weighted by Gasteiger charge is -2.27. The van der Waals surface area contributed by atoms with Crippen LogP contribution in [-0.2, 0) is 14.2 Å². The molecule has 4 heterocycles. The summed E-state index contributed by atoms with van der Waals surface area (Å²) in [5, 5.41) is 0. The highest BCUT2D eigenvalue weighted by atomic mass is 16.6. The standard InChI is InChI=1S/C27H33N3O6/c1-4-25(7-13(1)16-19(25)34-16)10-31-22-28-23(32-11-26-5-2-14(8-26)17-20(26)35-17)30-24(29-22)33-12-27-6-3-15(9-27)18-21(27)36-18/h13-21H,1-12H2. The Morgan fingerprint density at radius 3 is 1.17 bits per heavy atom. The van der Waals surface area contributed by atoms with Crippen LogP contribution in [0.25, 0.3) is 0 Å². The van der Waals surface area contributed by atoms with E-state index < -0.39 is 0 Å². The Bertz CT molecular complexity index is 1000. The molecule has 0 aromatic carbocycles. The zero-order chi connectivity index (χ0) is 23.3. The highest BCUT2D eigenvalue weighted by molar-refractivity contribution is 5.20. The number of epoxide rings is 3. The lowest BCUT2D eigenvalue weighted by Crippen LogP contribution is -2.32. The fourth-order valence-corrected chi connectivity index (χ4v) is 9.92. The first-order chi connectivity index (χ1) is 17.6. The van der Waals surface area contributed by atoms with Crippen molar-refractivity contribution in [3.05, 3.63) is 0 Å². The number of ether oxygens (including phenoxy) is 6. The van der Waals surface area contributed by atoms with Gasteiger partial charge in [-0.1, -0.05) is 0 Å². The molecular weight excluding hydrogens is 462 g/mol. The molecule has 0 spiro atoms. The van der Waals surface area contributed by atoms with Gasteiger partial charge in [0.2, 0.25) is 0 Å². The third-order valence-corrected chi connectivity index (χ3v) is 11.9. The number of fused-ring (bicyclic) bond motifs is 15. The Morgan fingerprint density at radius 1 is 0.556 bits per heavy atom. The van der Waals surface area contributed by atoms with E-state index in [0.717, 1.165) is 19.3 Å². The second-order valence-electron chi connectivity index (χ2n) is 13.7. The van der Waals surface area contributed by atoms with Crippen molar-refractivity contribution in [3.8, 4) is 18.0 Å². The first kappa shape index (κ1) is 20.3. The van der Waals surface area contributed by atoms with Gasteiger partial charge in [-0.3, -0.25) is 0 Å². The van der Waals surface area contributed by atoms with Crippen LogP contribution in [0, 0.1) is 34.0 Å². The first-order valence-electron chi connectivity index (χ1n) is 14.2. The smallest absolute Gasteiger partial charge is 0.325 e. The molecule has 3 aliphatic heterocycles. The molecule has 1 aromatic rings. The molecule has 12 unspecified atom stereocenters. The van der Waals surface area contributed by atoms with Crippen LogP contribution in [-0.4, -0.2) is 71.4 Å². The summed E-state index contributed by atoms with van der Waals surface area (Å²) in [6.45, 7) is 1.75. The fraction of sp³-hybridized carbons (Fsp3) is 0.889. The van der Waals surface area contributed by atoms with Crippen LogP contribution in [0.3, 0.4) is 0 Å². The maximum absolute atomic E-state index is 6.26. The van der Waals surface area contributed by atoms with Gasteiger partial charge in [0.05, 0.1) is 56.4 Å². The second-order valence-corrected chi connectivity index (χ2v) is 13.7. The van der Waals surface area contributed by atoms with Crippen molar-refractivity contribution in [3.63, 3.8) is 0 Å². The van der Waals surface area contributed by atoms with Gasteiger partial charge in [0.15, 0.2) is 0 Å². The molecule has 9 fully saturated rings. The molecule has 9 aliphatic rings. The highest BCUT2D eigenvalue weighted by Crippen LogP contribution is 2.65. The monoisotopic (exact) mass is 495 g/mol. The first-order valence-corrected chi connectivity index (χ1v) is 14.2. The summed E-state index contributed by atoms with van der Waals surface area (Å²) >= 11 is 0. The molecule has 6 bridgehead atoms. The van der Waals surface area contributed by atoms with E-state index in [-0.39, 0.29) is 16.2 Å². The van der Waals surface area contributed by atoms with Crippen LogP contribution in [0.15, 0.2) is 0 Å². The van der Waals surface area contributed by atoms with E-state index in [9.17, 15) is 0 Å². The zero-order valence-corrected chi connectivity index (χ0v) is 20.5. The average Bonchev–Trinajstić information content (AvgIpc) is 3.87. The number of hydrogen-bond donors (Lipinski definition) is 0. The Labute approximate surface area is 209 Å². The van der Waals surface area contributed by atoms with Crippen molar-refractivity contribution in [2.24, 2.45) is 34.0 Å². The van der Waals surface area contributed by atoms with Crippen molar-refractivity contribution in [1.29, 1.82) is 0 Å². The van der Waals surface area contributed by atoms with Gasteiger partial charge < -0.3 is 28.4 Å². The predicted octanol–water partition coefficient (Wildman–Crippen LogP) is 2.71. The predicted molar refractivity (Wildman–Crippen MR) is 122 cm³/mol. The Morgan fingerprint density at radius 2 is 0.889 bits per heavy atom. The van der Waals surface area contributed by atoms with E-state index in [2.05, 4.69) is 15.0 Å². The minimum Gasteiger partial charge on any atom is -0.463 e. The topological polar surface area (TPSA) is 104 Å². The molecule has 10 rings (SSSR count). The summed E-state index contributed by atoms with van der Waals surface area (Å²) in [5.41, 5.74) is 0.345. The van der Waals surface area contributed by atoms with Crippen LogP contribution in [0.2, 0.25) is 0 Å². The molecule has 3 saturated heterocycles. The normalized spacial score (nSPS) is 54.8. The lowest BCUT2D eigenvalue weighted by atomic mass is 9.85. The molecule has 0 N–H and O–H groups in total. The molecule has 9 nitrogen and oxygen atoms in total. The molecule has 1 aromatic heterocycles. The Balaban J connectivity index is 0.894. The SMILES string of the molecule is C1CC2(COc3nc(OCC45CCC(C4)C4OC45)nc(OCC45CCC(C4)C4OC45)n3)CC1C1OC12. The molecule has 0 amide bonds. The van der Waals surface area contributed by atoms with Gasteiger partial charge in [-0.15, -0.1) is 15.0 Å². The fourth-order valence-electron chi connectivity index (χ4n) is 9.92. The van der Waals surface area contributed by atoms with E-state index in [1.807, 2.05) is 0 Å². The van der Waals surface area contributed by atoms with Gasteiger partial charge in [-0.05, 0) is 75.5 Å². The third-order valence-electron chi connectivity index (χ3n) is 11.9. The quantitative estimate of drug-likeness (QED) is 0.478. The maximum atomic E-state index is 6.26. The lowest BCUT2D eigenvalue weighted by molar-refractivity contribution is 0.0793. The van der Waals surface area contributed by atoms with E-state index in [1.165, 1.54) is 38.5 Å². The summed E-state index contributed by atoms with van der Waals surface area (Å²) in [6, 6.07) is 0.915. The summed E-state index contributed by atoms with van der Waals surface area (Å²) in [7, 11) is 0. The van der Waals surface area contributed by atoms with E-state index >= 15 is 0 Å². The summed E-state index contributed by atoms with van der Waals surface area (Å²) in [6.07, 6.45) is 13.2. The molecule has 6 aliphatic carbocycles. The number of nitrogens with zero attached hydrogens (tertiary/aromatic N) is 3. The minimum atomic E-state index is 0.115. The van der Waals surface area contributed by atoms with Gasteiger partial charge in [0.25, 0.3) is 0 Å². The van der Waals surface area contributed by atoms with E-state index in [0.29, 0.717) is 92.2 Å². The molecule has 6 saturated carbocycles. The molecule has 36 heavy (non-hydrogen) atoms. The van der Waals surface area contributed by atoms with E-state index in [1.54, 1.807) is 0 Å². The van der Waals surface area contributed by atoms with E-state index in [4.69, 9.17) is 28.4 Å². The van der Waals surface area contributed by atoms with Crippen molar-refractivity contribution in [2.45, 2.75) is 94.4 Å². The molecule has 9 heteroatoms. The van der Waals surface area contributed by atoms with Crippen molar-refractivity contribution >= 4 is 0 Å². The minimum absolute atomic E-state index is 0.115. The van der Waals surface area contributed by atoms with Crippen molar-refractivity contribution in [2.75, 3.05) is 19.8 Å². The summed E-state index contributed by atoms with van der Waals surface area (Å²) in [4.78, 5) is 13.8. The summed E-state index contributed by atoms with van der Waals surface area (Å²) in [5.74, 6) is 2.12. The number of aromatic nitrogens is 3. The molecular formula is C27H33N3O6. The Kier molecular flexibility index (Phi) is 3.64. The Hall–Kier alpha value is -1.71. The van der Waals surface area contributed by atoms with Gasteiger partial charge in [0.1, 0.15) is 0 Å². The van der Waals surface area contributed by atoms with Crippen molar-refractivity contribution in [1.82, 2.24) is 15.0 Å². The van der Waals surface area contributed by atoms with Crippen molar-refractivity contribution < 1.29 is 28.4 Å². The van der Waals surface area contributed by atoms with Gasteiger partial charge in [0, 0.05) is 16.2 Å². The van der Waals surface area contributed by atoms with Gasteiger partial charge >= 0.3 is 18.0 Å². The third kappa shape index (κ3) is 2.65. The van der Waals surface area contributed by atoms with Crippen LogP contribution < -0.4 is 14.2 Å². The van der Waals surface area contributed by atoms with Crippen LogP contribution in [0.5, 0.6) is 18.0 Å². The summed E-state index contributed by atoms with van der Waals surface area (Å²) < 4.78 is 36.6. The number of hydrogen-bond acceptors (Lipinski definition) is 9.